The molecule has 0 atom stereocenters. The molecular formula is C18H19ClN4O. The second-order valence-electron chi connectivity index (χ2n) is 5.94. The maximum atomic E-state index is 12.6. The van der Waals surface area contributed by atoms with Gasteiger partial charge in [0.05, 0.1) is 11.4 Å². The lowest BCUT2D eigenvalue weighted by molar-refractivity contribution is 0.0935. The van der Waals surface area contributed by atoms with Crippen LogP contribution in [0.2, 0.25) is 5.02 Å². The van der Waals surface area contributed by atoms with Gasteiger partial charge in [-0.1, -0.05) is 17.7 Å². The number of nitrogens with one attached hydrogen (secondary N) is 1. The van der Waals surface area contributed by atoms with Crippen LogP contribution in [0.4, 0.5) is 0 Å². The first kappa shape index (κ1) is 16.3. The van der Waals surface area contributed by atoms with E-state index < -0.39 is 0 Å². The number of rotatable bonds is 4. The third kappa shape index (κ3) is 3.21. The number of carbonyl (C=O) groups is 1. The molecule has 0 saturated carbocycles. The van der Waals surface area contributed by atoms with Crippen molar-refractivity contribution in [2.45, 2.75) is 19.9 Å². The zero-order valence-electron chi connectivity index (χ0n) is 13.8. The SMILES string of the molecule is CC(C)NC(=O)c1cc(-c2cccn2C)nn1-c1cccc(Cl)c1. The van der Waals surface area contributed by atoms with Crippen molar-refractivity contribution in [1.82, 2.24) is 19.7 Å². The van der Waals surface area contributed by atoms with E-state index >= 15 is 0 Å². The van der Waals surface area contributed by atoms with E-state index in [4.69, 9.17) is 11.6 Å². The molecule has 1 aromatic carbocycles. The van der Waals surface area contributed by atoms with Gasteiger partial charge in [0.2, 0.25) is 0 Å². The molecule has 0 saturated heterocycles. The van der Waals surface area contributed by atoms with Crippen molar-refractivity contribution in [3.8, 4) is 17.1 Å². The highest BCUT2D eigenvalue weighted by Crippen LogP contribution is 2.23. The summed E-state index contributed by atoms with van der Waals surface area (Å²) in [7, 11) is 1.95. The van der Waals surface area contributed by atoms with Gasteiger partial charge in [-0.3, -0.25) is 4.79 Å². The minimum atomic E-state index is -0.169. The number of aryl methyl sites for hydroxylation is 1. The third-order valence-corrected chi connectivity index (χ3v) is 3.86. The molecule has 0 aliphatic carbocycles. The Bertz CT molecular complexity index is 879. The lowest BCUT2D eigenvalue weighted by Gasteiger charge is -2.10. The molecule has 0 fully saturated rings. The number of benzene rings is 1. The normalized spacial score (nSPS) is 11.0. The van der Waals surface area contributed by atoms with Gasteiger partial charge in [-0.15, -0.1) is 0 Å². The molecule has 1 N–H and O–H groups in total. The highest BCUT2D eigenvalue weighted by atomic mass is 35.5. The van der Waals surface area contributed by atoms with Crippen LogP contribution >= 0.6 is 11.6 Å². The van der Waals surface area contributed by atoms with Gasteiger partial charge in [0.25, 0.3) is 5.91 Å². The fourth-order valence-corrected chi connectivity index (χ4v) is 2.72. The van der Waals surface area contributed by atoms with Crippen LogP contribution in [0, 0.1) is 0 Å². The Labute approximate surface area is 145 Å². The largest absolute Gasteiger partial charge is 0.349 e. The Morgan fingerprint density at radius 3 is 2.62 bits per heavy atom. The van der Waals surface area contributed by atoms with Crippen LogP contribution in [-0.4, -0.2) is 26.3 Å². The van der Waals surface area contributed by atoms with Crippen LogP contribution in [0.1, 0.15) is 24.3 Å². The van der Waals surface area contributed by atoms with Crippen molar-refractivity contribution in [2.75, 3.05) is 0 Å². The van der Waals surface area contributed by atoms with Crippen LogP contribution in [0.5, 0.6) is 0 Å². The quantitative estimate of drug-likeness (QED) is 0.786. The fraction of sp³-hybridized carbons (Fsp3) is 0.222. The minimum Gasteiger partial charge on any atom is -0.349 e. The Balaban J connectivity index is 2.13. The van der Waals surface area contributed by atoms with E-state index in [-0.39, 0.29) is 11.9 Å². The van der Waals surface area contributed by atoms with E-state index in [0.29, 0.717) is 10.7 Å². The predicted molar refractivity (Wildman–Crippen MR) is 95.6 cm³/mol. The predicted octanol–water partition coefficient (Wildman–Crippen LogP) is 3.67. The lowest BCUT2D eigenvalue weighted by Crippen LogP contribution is -2.31. The highest BCUT2D eigenvalue weighted by molar-refractivity contribution is 6.30. The Morgan fingerprint density at radius 2 is 2.00 bits per heavy atom. The van der Waals surface area contributed by atoms with Gasteiger partial charge in [0.1, 0.15) is 11.4 Å². The van der Waals surface area contributed by atoms with Crippen LogP contribution in [0.3, 0.4) is 0 Å². The molecule has 2 heterocycles. The summed E-state index contributed by atoms with van der Waals surface area (Å²) < 4.78 is 3.60. The van der Waals surface area contributed by atoms with Gasteiger partial charge < -0.3 is 9.88 Å². The van der Waals surface area contributed by atoms with Gasteiger partial charge in [0.15, 0.2) is 0 Å². The molecule has 1 amide bonds. The molecule has 0 radical (unpaired) electrons. The number of hydrogen-bond donors (Lipinski definition) is 1. The molecule has 6 heteroatoms. The maximum absolute atomic E-state index is 12.6. The summed E-state index contributed by atoms with van der Waals surface area (Å²) in [5.41, 5.74) is 2.89. The van der Waals surface area contributed by atoms with Crippen molar-refractivity contribution in [3.63, 3.8) is 0 Å². The van der Waals surface area contributed by atoms with Crippen molar-refractivity contribution >= 4 is 17.5 Å². The summed E-state index contributed by atoms with van der Waals surface area (Å²) in [6, 6.07) is 13.0. The standard InChI is InChI=1S/C18H19ClN4O/c1-12(2)20-18(24)17-11-15(16-8-5-9-22(16)3)21-23(17)14-7-4-6-13(19)10-14/h4-12H,1-3H3,(H,20,24). The molecule has 0 bridgehead atoms. The number of aromatic nitrogens is 3. The summed E-state index contributed by atoms with van der Waals surface area (Å²) >= 11 is 6.10. The maximum Gasteiger partial charge on any atom is 0.270 e. The van der Waals surface area contributed by atoms with Gasteiger partial charge in [0, 0.05) is 24.3 Å². The average molecular weight is 343 g/mol. The first-order valence-electron chi connectivity index (χ1n) is 7.74. The first-order valence-corrected chi connectivity index (χ1v) is 8.12. The Morgan fingerprint density at radius 1 is 1.21 bits per heavy atom. The number of carbonyl (C=O) groups excluding carboxylic acids is 1. The second-order valence-corrected chi connectivity index (χ2v) is 6.38. The van der Waals surface area contributed by atoms with E-state index in [1.54, 1.807) is 22.9 Å². The first-order chi connectivity index (χ1) is 11.5. The van der Waals surface area contributed by atoms with Crippen LogP contribution in [-0.2, 0) is 7.05 Å². The summed E-state index contributed by atoms with van der Waals surface area (Å²) in [5, 5.41) is 8.14. The minimum absolute atomic E-state index is 0.0405. The van der Waals surface area contributed by atoms with E-state index in [1.165, 1.54) is 0 Å². The molecule has 5 nitrogen and oxygen atoms in total. The van der Waals surface area contributed by atoms with E-state index in [1.807, 2.05) is 55.9 Å². The zero-order valence-corrected chi connectivity index (χ0v) is 14.6. The second kappa shape index (κ2) is 6.53. The highest BCUT2D eigenvalue weighted by Gasteiger charge is 2.19. The zero-order chi connectivity index (χ0) is 17.3. The number of halogens is 1. The lowest BCUT2D eigenvalue weighted by atomic mass is 10.2. The molecule has 3 aromatic rings. The summed E-state index contributed by atoms with van der Waals surface area (Å²) in [5.74, 6) is -0.169. The number of hydrogen-bond acceptors (Lipinski definition) is 2. The van der Waals surface area contributed by atoms with E-state index in [0.717, 1.165) is 17.1 Å². The Kier molecular flexibility index (Phi) is 4.44. The van der Waals surface area contributed by atoms with E-state index in [9.17, 15) is 4.79 Å². The van der Waals surface area contributed by atoms with Crippen LogP contribution in [0.15, 0.2) is 48.7 Å². The van der Waals surface area contributed by atoms with Gasteiger partial charge in [-0.2, -0.15) is 5.10 Å². The molecule has 2 aromatic heterocycles. The van der Waals surface area contributed by atoms with Gasteiger partial charge in [-0.05, 0) is 50.2 Å². The van der Waals surface area contributed by atoms with Crippen molar-refractivity contribution in [1.29, 1.82) is 0 Å². The molecule has 0 aliphatic rings. The summed E-state index contributed by atoms with van der Waals surface area (Å²) in [6.45, 7) is 3.85. The monoisotopic (exact) mass is 342 g/mol. The molecule has 124 valence electrons. The summed E-state index contributed by atoms with van der Waals surface area (Å²) in [6.07, 6.45) is 1.95. The molecule has 0 aliphatic heterocycles. The molecule has 0 unspecified atom stereocenters. The smallest absolute Gasteiger partial charge is 0.270 e. The van der Waals surface area contributed by atoms with Crippen molar-refractivity contribution < 1.29 is 4.79 Å². The fourth-order valence-electron chi connectivity index (χ4n) is 2.54. The number of nitrogens with zero attached hydrogens (tertiary/aromatic N) is 3. The van der Waals surface area contributed by atoms with Crippen molar-refractivity contribution in [2.24, 2.45) is 7.05 Å². The topological polar surface area (TPSA) is 51.9 Å². The molecule has 24 heavy (non-hydrogen) atoms. The van der Waals surface area contributed by atoms with Crippen LogP contribution < -0.4 is 5.32 Å². The molecule has 0 spiro atoms. The van der Waals surface area contributed by atoms with Gasteiger partial charge >= 0.3 is 0 Å². The van der Waals surface area contributed by atoms with Crippen LogP contribution in [0.25, 0.3) is 17.1 Å². The third-order valence-electron chi connectivity index (χ3n) is 3.62. The Hall–Kier alpha value is -2.53. The van der Waals surface area contributed by atoms with E-state index in [2.05, 4.69) is 10.4 Å². The number of amides is 1. The van der Waals surface area contributed by atoms with Crippen molar-refractivity contribution in [3.05, 3.63) is 59.4 Å². The van der Waals surface area contributed by atoms with Gasteiger partial charge in [-0.25, -0.2) is 4.68 Å². The molecule has 3 rings (SSSR count). The average Bonchev–Trinajstić information content (AvgIpc) is 3.12. The molecular weight excluding hydrogens is 324 g/mol. The summed E-state index contributed by atoms with van der Waals surface area (Å²) in [4.78, 5) is 12.6.